The number of piperazine rings is 1. The summed E-state index contributed by atoms with van der Waals surface area (Å²) in [6, 6.07) is 4.91. The lowest BCUT2D eigenvalue weighted by atomic mass is 10.2. The van der Waals surface area contributed by atoms with Crippen LogP contribution in [0.25, 0.3) is 0 Å². The van der Waals surface area contributed by atoms with Gasteiger partial charge in [-0.3, -0.25) is 9.89 Å². The van der Waals surface area contributed by atoms with Crippen LogP contribution in [0, 0.1) is 0 Å². The van der Waals surface area contributed by atoms with Gasteiger partial charge in [-0.15, -0.1) is 24.0 Å². The van der Waals surface area contributed by atoms with Gasteiger partial charge in [-0.05, 0) is 13.0 Å². The van der Waals surface area contributed by atoms with Crippen molar-refractivity contribution in [2.45, 2.75) is 32.3 Å². The second-order valence-corrected chi connectivity index (χ2v) is 6.13. The van der Waals surface area contributed by atoms with Crippen molar-refractivity contribution in [2.24, 2.45) is 4.99 Å². The van der Waals surface area contributed by atoms with Crippen LogP contribution in [-0.2, 0) is 6.54 Å². The van der Waals surface area contributed by atoms with Crippen LogP contribution in [0.4, 0.5) is 22.0 Å². The molecule has 0 spiro atoms. The first-order valence-electron chi connectivity index (χ1n) is 8.51. The van der Waals surface area contributed by atoms with E-state index in [0.29, 0.717) is 24.6 Å². The SMILES string of the molecule is CN=C(NCc1ccccc1OC(F)F)N1CCN(C(C)C(F)(F)F)CC1.I. The second kappa shape index (κ2) is 11.0. The molecule has 0 amide bonds. The lowest BCUT2D eigenvalue weighted by Crippen LogP contribution is -2.56. The Morgan fingerprint density at radius 3 is 2.32 bits per heavy atom. The summed E-state index contributed by atoms with van der Waals surface area (Å²) in [5, 5.41) is 3.05. The Morgan fingerprint density at radius 1 is 1.18 bits per heavy atom. The monoisotopic (exact) mass is 522 g/mol. The van der Waals surface area contributed by atoms with E-state index in [1.807, 2.05) is 4.90 Å². The summed E-state index contributed by atoms with van der Waals surface area (Å²) < 4.78 is 68.0. The van der Waals surface area contributed by atoms with Crippen molar-refractivity contribution in [3.05, 3.63) is 29.8 Å². The largest absolute Gasteiger partial charge is 0.434 e. The molecule has 0 radical (unpaired) electrons. The molecule has 28 heavy (non-hydrogen) atoms. The number of ether oxygens (including phenoxy) is 1. The molecule has 1 heterocycles. The number of aliphatic imine (C=N–C) groups is 1. The Morgan fingerprint density at radius 2 is 1.79 bits per heavy atom. The van der Waals surface area contributed by atoms with Crippen LogP contribution in [0.5, 0.6) is 5.75 Å². The zero-order valence-corrected chi connectivity index (χ0v) is 17.9. The van der Waals surface area contributed by atoms with Gasteiger partial charge >= 0.3 is 12.8 Å². The minimum absolute atomic E-state index is 0. The second-order valence-electron chi connectivity index (χ2n) is 6.13. The number of hydrogen-bond acceptors (Lipinski definition) is 3. The molecule has 1 aromatic rings. The van der Waals surface area contributed by atoms with Gasteiger partial charge in [0.15, 0.2) is 5.96 Å². The third-order valence-electron chi connectivity index (χ3n) is 4.47. The number of halogens is 6. The molecule has 160 valence electrons. The molecular weight excluding hydrogens is 498 g/mol. The van der Waals surface area contributed by atoms with E-state index in [4.69, 9.17) is 0 Å². The zero-order valence-electron chi connectivity index (χ0n) is 15.5. The number of benzene rings is 1. The van der Waals surface area contributed by atoms with Gasteiger partial charge < -0.3 is 15.0 Å². The number of guanidine groups is 1. The highest BCUT2D eigenvalue weighted by Crippen LogP contribution is 2.25. The van der Waals surface area contributed by atoms with E-state index in [-0.39, 0.29) is 49.4 Å². The molecule has 0 aliphatic carbocycles. The molecule has 11 heteroatoms. The molecule has 5 nitrogen and oxygen atoms in total. The molecule has 1 aliphatic rings. The molecule has 0 aromatic heterocycles. The topological polar surface area (TPSA) is 40.1 Å². The first-order chi connectivity index (χ1) is 12.7. The van der Waals surface area contributed by atoms with E-state index in [1.54, 1.807) is 25.2 Å². The number of para-hydroxylation sites is 1. The van der Waals surface area contributed by atoms with E-state index in [1.165, 1.54) is 11.0 Å². The molecular formula is C17H24F5IN4O. The maximum Gasteiger partial charge on any atom is 0.403 e. The fourth-order valence-electron chi connectivity index (χ4n) is 2.90. The predicted molar refractivity (Wildman–Crippen MR) is 107 cm³/mol. The Kier molecular flexibility index (Phi) is 9.67. The molecule has 1 N–H and O–H groups in total. The van der Waals surface area contributed by atoms with E-state index in [2.05, 4.69) is 15.0 Å². The summed E-state index contributed by atoms with van der Waals surface area (Å²) in [6.45, 7) is -0.282. The van der Waals surface area contributed by atoms with E-state index < -0.39 is 18.8 Å². The van der Waals surface area contributed by atoms with Crippen molar-refractivity contribution in [2.75, 3.05) is 33.2 Å². The van der Waals surface area contributed by atoms with Gasteiger partial charge in [-0.1, -0.05) is 18.2 Å². The fraction of sp³-hybridized carbons (Fsp3) is 0.588. The highest BCUT2D eigenvalue weighted by molar-refractivity contribution is 14.0. The molecule has 1 saturated heterocycles. The van der Waals surface area contributed by atoms with Crippen molar-refractivity contribution in [1.82, 2.24) is 15.1 Å². The van der Waals surface area contributed by atoms with Crippen molar-refractivity contribution in [1.29, 1.82) is 0 Å². The third kappa shape index (κ3) is 6.90. The molecule has 1 fully saturated rings. The van der Waals surface area contributed by atoms with Crippen molar-refractivity contribution < 1.29 is 26.7 Å². The van der Waals surface area contributed by atoms with Crippen molar-refractivity contribution >= 4 is 29.9 Å². The molecule has 1 aromatic carbocycles. The van der Waals surface area contributed by atoms with Gasteiger partial charge in [0.2, 0.25) is 0 Å². The predicted octanol–water partition coefficient (Wildman–Crippen LogP) is 3.55. The minimum atomic E-state index is -4.25. The molecule has 1 unspecified atom stereocenters. The molecule has 0 bridgehead atoms. The summed E-state index contributed by atoms with van der Waals surface area (Å²) in [4.78, 5) is 7.37. The molecule has 1 atom stereocenters. The van der Waals surface area contributed by atoms with Gasteiger partial charge in [0.1, 0.15) is 11.8 Å². The summed E-state index contributed by atoms with van der Waals surface area (Å²) in [5.41, 5.74) is 0.531. The first-order valence-corrected chi connectivity index (χ1v) is 8.51. The van der Waals surface area contributed by atoms with Gasteiger partial charge in [0, 0.05) is 45.3 Å². The number of nitrogens with zero attached hydrogens (tertiary/aromatic N) is 3. The van der Waals surface area contributed by atoms with Gasteiger partial charge in [0.05, 0.1) is 0 Å². The summed E-state index contributed by atoms with van der Waals surface area (Å²) in [7, 11) is 1.56. The lowest BCUT2D eigenvalue weighted by Gasteiger charge is -2.39. The van der Waals surface area contributed by atoms with Gasteiger partial charge in [-0.2, -0.15) is 22.0 Å². The minimum Gasteiger partial charge on any atom is -0.434 e. The quantitative estimate of drug-likeness (QED) is 0.278. The summed E-state index contributed by atoms with van der Waals surface area (Å²) in [5.74, 6) is 0.570. The highest BCUT2D eigenvalue weighted by Gasteiger charge is 2.41. The Bertz CT molecular complexity index is 636. The zero-order chi connectivity index (χ0) is 20.0. The molecule has 1 aliphatic heterocycles. The Labute approximate surface area is 177 Å². The number of rotatable bonds is 5. The number of hydrogen-bond donors (Lipinski definition) is 1. The molecule has 2 rings (SSSR count). The van der Waals surface area contributed by atoms with E-state index >= 15 is 0 Å². The van der Waals surface area contributed by atoms with Crippen LogP contribution in [0.1, 0.15) is 12.5 Å². The smallest absolute Gasteiger partial charge is 0.403 e. The van der Waals surface area contributed by atoms with Crippen LogP contribution in [-0.4, -0.2) is 67.8 Å². The summed E-state index contributed by atoms with van der Waals surface area (Å²) >= 11 is 0. The standard InChI is InChI=1S/C17H23F5N4O.HI/c1-12(17(20,21)22)25-7-9-26(10-8-25)16(23-2)24-11-13-5-3-4-6-14(13)27-15(18)19;/h3-6,12,15H,7-11H2,1-2H3,(H,23,24);1H. The van der Waals surface area contributed by atoms with Crippen molar-refractivity contribution in [3.63, 3.8) is 0 Å². The lowest BCUT2D eigenvalue weighted by molar-refractivity contribution is -0.181. The van der Waals surface area contributed by atoms with Gasteiger partial charge in [0.25, 0.3) is 0 Å². The van der Waals surface area contributed by atoms with Crippen LogP contribution in [0.2, 0.25) is 0 Å². The normalized spacial score (nSPS) is 17.3. The maximum atomic E-state index is 12.8. The van der Waals surface area contributed by atoms with Gasteiger partial charge in [-0.25, -0.2) is 0 Å². The molecule has 0 saturated carbocycles. The first kappa shape index (κ1) is 24.7. The van der Waals surface area contributed by atoms with Crippen molar-refractivity contribution in [3.8, 4) is 5.75 Å². The number of alkyl halides is 5. The Hall–Kier alpha value is -1.37. The fourth-order valence-corrected chi connectivity index (χ4v) is 2.90. The number of nitrogens with one attached hydrogen (secondary N) is 1. The van der Waals surface area contributed by atoms with E-state index in [9.17, 15) is 22.0 Å². The van der Waals surface area contributed by atoms with Crippen LogP contribution in [0.15, 0.2) is 29.3 Å². The van der Waals surface area contributed by atoms with Crippen LogP contribution >= 0.6 is 24.0 Å². The maximum absolute atomic E-state index is 12.8. The highest BCUT2D eigenvalue weighted by atomic mass is 127. The Balaban J connectivity index is 0.00000392. The summed E-state index contributed by atoms with van der Waals surface area (Å²) in [6.07, 6.45) is -4.25. The third-order valence-corrected chi connectivity index (χ3v) is 4.47. The average Bonchev–Trinajstić information content (AvgIpc) is 2.62. The average molecular weight is 522 g/mol. The van der Waals surface area contributed by atoms with Crippen LogP contribution < -0.4 is 10.1 Å². The van der Waals surface area contributed by atoms with Crippen LogP contribution in [0.3, 0.4) is 0 Å². The van der Waals surface area contributed by atoms with E-state index in [0.717, 1.165) is 6.92 Å².